The van der Waals surface area contributed by atoms with Crippen LogP contribution in [0.25, 0.3) is 0 Å². The summed E-state index contributed by atoms with van der Waals surface area (Å²) < 4.78 is 5.31. The highest BCUT2D eigenvalue weighted by atomic mass is 79.9. The molecular weight excluding hydrogens is 286 g/mol. The molecule has 17 heavy (non-hydrogen) atoms. The molecule has 1 aromatic carbocycles. The predicted molar refractivity (Wildman–Crippen MR) is 64.6 cm³/mol. The quantitative estimate of drug-likeness (QED) is 0.631. The first kappa shape index (κ1) is 13.4. The Labute approximate surface area is 107 Å². The van der Waals surface area contributed by atoms with Crippen LogP contribution in [0.2, 0.25) is 0 Å². The lowest BCUT2D eigenvalue weighted by atomic mass is 10.0. The number of carbonyl (C=O) groups excluding carboxylic acids is 2. The van der Waals surface area contributed by atoms with E-state index in [9.17, 15) is 9.59 Å². The lowest BCUT2D eigenvalue weighted by Crippen LogP contribution is -2.08. The van der Waals surface area contributed by atoms with Gasteiger partial charge in [0.05, 0.1) is 24.7 Å². The van der Waals surface area contributed by atoms with Crippen molar-refractivity contribution in [2.24, 2.45) is 0 Å². The highest BCUT2D eigenvalue weighted by molar-refractivity contribution is 9.10. The lowest BCUT2D eigenvalue weighted by Gasteiger charge is -2.05. The van der Waals surface area contributed by atoms with E-state index < -0.39 is 0 Å². The van der Waals surface area contributed by atoms with Crippen molar-refractivity contribution >= 4 is 28.2 Å². The molecule has 0 aliphatic rings. The SMILES string of the molecule is CCOC(=O)Cc1cc(Br)c(C=O)c(C#N)c1. The van der Waals surface area contributed by atoms with Gasteiger partial charge < -0.3 is 4.74 Å². The Bertz CT molecular complexity index is 491. The molecule has 1 aromatic rings. The molecule has 0 aliphatic carbocycles. The first-order valence-electron chi connectivity index (χ1n) is 4.95. The zero-order valence-electron chi connectivity index (χ0n) is 9.20. The second kappa shape index (κ2) is 6.16. The Morgan fingerprint density at radius 3 is 2.82 bits per heavy atom. The molecule has 0 bridgehead atoms. The Morgan fingerprint density at radius 2 is 2.29 bits per heavy atom. The molecule has 88 valence electrons. The number of hydrogen-bond acceptors (Lipinski definition) is 4. The minimum atomic E-state index is -0.359. The minimum absolute atomic E-state index is 0.0836. The third kappa shape index (κ3) is 3.40. The Hall–Kier alpha value is -1.67. The van der Waals surface area contributed by atoms with Crippen LogP contribution in [0.1, 0.15) is 28.4 Å². The van der Waals surface area contributed by atoms with Crippen LogP contribution in [0, 0.1) is 11.3 Å². The van der Waals surface area contributed by atoms with Gasteiger partial charge in [-0.25, -0.2) is 0 Å². The molecular formula is C12H10BrNO3. The highest BCUT2D eigenvalue weighted by Gasteiger charge is 2.11. The number of aldehydes is 1. The van der Waals surface area contributed by atoms with E-state index in [0.717, 1.165) is 0 Å². The van der Waals surface area contributed by atoms with Crippen LogP contribution >= 0.6 is 15.9 Å². The van der Waals surface area contributed by atoms with Crippen molar-refractivity contribution in [2.45, 2.75) is 13.3 Å². The topological polar surface area (TPSA) is 67.2 Å². The van der Waals surface area contributed by atoms with Crippen molar-refractivity contribution in [2.75, 3.05) is 6.61 Å². The molecule has 0 saturated carbocycles. The van der Waals surface area contributed by atoms with E-state index in [4.69, 9.17) is 10.00 Å². The van der Waals surface area contributed by atoms with Gasteiger partial charge >= 0.3 is 5.97 Å². The van der Waals surface area contributed by atoms with Gasteiger partial charge in [0.25, 0.3) is 0 Å². The standard InChI is InChI=1S/C12H10BrNO3/c1-2-17-12(16)5-8-3-9(6-14)10(7-15)11(13)4-8/h3-4,7H,2,5H2,1H3. The Kier molecular flexibility index (Phi) is 4.85. The maximum Gasteiger partial charge on any atom is 0.310 e. The van der Waals surface area contributed by atoms with Gasteiger partial charge in [0.2, 0.25) is 0 Å². The van der Waals surface area contributed by atoms with E-state index in [1.165, 1.54) is 6.07 Å². The molecule has 0 heterocycles. The average molecular weight is 296 g/mol. The summed E-state index contributed by atoms with van der Waals surface area (Å²) in [5, 5.41) is 8.89. The van der Waals surface area contributed by atoms with Crippen molar-refractivity contribution in [3.8, 4) is 6.07 Å². The third-order valence-corrected chi connectivity index (χ3v) is 2.74. The number of halogens is 1. The normalized spacial score (nSPS) is 9.47. The van der Waals surface area contributed by atoms with Crippen LogP contribution in [-0.2, 0) is 16.0 Å². The highest BCUT2D eigenvalue weighted by Crippen LogP contribution is 2.21. The number of benzene rings is 1. The molecule has 5 heteroatoms. The molecule has 0 spiro atoms. The van der Waals surface area contributed by atoms with Gasteiger partial charge in [-0.05, 0) is 24.6 Å². The zero-order valence-corrected chi connectivity index (χ0v) is 10.8. The molecule has 0 atom stereocenters. The molecule has 0 fully saturated rings. The summed E-state index contributed by atoms with van der Waals surface area (Å²) in [6.45, 7) is 2.04. The summed E-state index contributed by atoms with van der Waals surface area (Å²) >= 11 is 3.19. The van der Waals surface area contributed by atoms with E-state index in [2.05, 4.69) is 15.9 Å². The van der Waals surface area contributed by atoms with Crippen LogP contribution in [0.3, 0.4) is 0 Å². The molecule has 0 radical (unpaired) electrons. The first-order chi connectivity index (χ1) is 8.12. The van der Waals surface area contributed by atoms with Crippen molar-refractivity contribution < 1.29 is 14.3 Å². The Morgan fingerprint density at radius 1 is 1.59 bits per heavy atom. The molecule has 1 rings (SSSR count). The van der Waals surface area contributed by atoms with E-state index >= 15 is 0 Å². The molecule has 0 aliphatic heterocycles. The second-order valence-corrected chi connectivity index (χ2v) is 4.10. The van der Waals surface area contributed by atoms with Gasteiger partial charge in [-0.1, -0.05) is 15.9 Å². The van der Waals surface area contributed by atoms with Crippen LogP contribution < -0.4 is 0 Å². The number of nitriles is 1. The molecule has 0 saturated heterocycles. The monoisotopic (exact) mass is 295 g/mol. The van der Waals surface area contributed by atoms with Gasteiger partial charge in [0.1, 0.15) is 0 Å². The van der Waals surface area contributed by atoms with E-state index in [1.54, 1.807) is 13.0 Å². The largest absolute Gasteiger partial charge is 0.466 e. The summed E-state index contributed by atoms with van der Waals surface area (Å²) in [7, 11) is 0. The van der Waals surface area contributed by atoms with E-state index in [0.29, 0.717) is 28.5 Å². The van der Waals surface area contributed by atoms with Gasteiger partial charge in [-0.2, -0.15) is 5.26 Å². The molecule has 0 N–H and O–H groups in total. The fourth-order valence-electron chi connectivity index (χ4n) is 1.37. The summed E-state index contributed by atoms with van der Waals surface area (Å²) in [6.07, 6.45) is 0.692. The van der Waals surface area contributed by atoms with Gasteiger partial charge in [-0.15, -0.1) is 0 Å². The van der Waals surface area contributed by atoms with Crippen LogP contribution in [0.15, 0.2) is 16.6 Å². The van der Waals surface area contributed by atoms with Gasteiger partial charge in [0.15, 0.2) is 6.29 Å². The fourth-order valence-corrected chi connectivity index (χ4v) is 1.97. The van der Waals surface area contributed by atoms with Crippen molar-refractivity contribution in [3.63, 3.8) is 0 Å². The maximum absolute atomic E-state index is 11.3. The molecule has 0 unspecified atom stereocenters. The minimum Gasteiger partial charge on any atom is -0.466 e. The van der Waals surface area contributed by atoms with Crippen LogP contribution in [0.5, 0.6) is 0 Å². The molecule has 0 aromatic heterocycles. The fraction of sp³-hybridized carbons (Fsp3) is 0.250. The van der Waals surface area contributed by atoms with Crippen LogP contribution in [0.4, 0.5) is 0 Å². The van der Waals surface area contributed by atoms with Crippen molar-refractivity contribution in [3.05, 3.63) is 33.3 Å². The van der Waals surface area contributed by atoms with Crippen molar-refractivity contribution in [1.82, 2.24) is 0 Å². The number of ether oxygens (including phenoxy) is 1. The third-order valence-electron chi connectivity index (χ3n) is 2.08. The number of rotatable bonds is 4. The second-order valence-electron chi connectivity index (χ2n) is 3.25. The van der Waals surface area contributed by atoms with Crippen molar-refractivity contribution in [1.29, 1.82) is 5.26 Å². The maximum atomic E-state index is 11.3. The van der Waals surface area contributed by atoms with E-state index in [1.807, 2.05) is 6.07 Å². The zero-order chi connectivity index (χ0) is 12.8. The van der Waals surface area contributed by atoms with Crippen LogP contribution in [-0.4, -0.2) is 18.9 Å². The lowest BCUT2D eigenvalue weighted by molar-refractivity contribution is -0.142. The van der Waals surface area contributed by atoms with Gasteiger partial charge in [-0.3, -0.25) is 9.59 Å². The number of nitrogens with zero attached hydrogens (tertiary/aromatic N) is 1. The summed E-state index contributed by atoms with van der Waals surface area (Å²) in [6, 6.07) is 5.08. The number of esters is 1. The Balaban J connectivity index is 3.04. The average Bonchev–Trinajstić information content (AvgIpc) is 2.28. The number of carbonyl (C=O) groups is 2. The van der Waals surface area contributed by atoms with E-state index in [-0.39, 0.29) is 18.0 Å². The summed E-state index contributed by atoms with van der Waals surface area (Å²) in [5.74, 6) is -0.359. The smallest absolute Gasteiger partial charge is 0.310 e. The van der Waals surface area contributed by atoms with Gasteiger partial charge in [0, 0.05) is 10.0 Å². The summed E-state index contributed by atoms with van der Waals surface area (Å²) in [4.78, 5) is 22.1. The number of hydrogen-bond donors (Lipinski definition) is 0. The molecule has 4 nitrogen and oxygen atoms in total. The molecule has 0 amide bonds. The summed E-state index contributed by atoms with van der Waals surface area (Å²) in [5.41, 5.74) is 1.17. The predicted octanol–water partition coefficient (Wildman–Crippen LogP) is 2.24. The first-order valence-corrected chi connectivity index (χ1v) is 5.75.